The third kappa shape index (κ3) is 4.12. The minimum Gasteiger partial charge on any atom is -0.496 e. The van der Waals surface area contributed by atoms with Crippen LogP contribution in [0.25, 0.3) is 0 Å². The Morgan fingerprint density at radius 3 is 2.17 bits per heavy atom. The highest BCUT2D eigenvalue weighted by Crippen LogP contribution is 2.46. The highest BCUT2D eigenvalue weighted by molar-refractivity contribution is 5.48. The van der Waals surface area contributed by atoms with Crippen molar-refractivity contribution in [1.29, 1.82) is 0 Å². The van der Waals surface area contributed by atoms with Gasteiger partial charge in [-0.05, 0) is 17.2 Å². The molecule has 0 bridgehead atoms. The van der Waals surface area contributed by atoms with E-state index in [-0.39, 0.29) is 5.92 Å². The molecule has 0 saturated carbocycles. The van der Waals surface area contributed by atoms with E-state index >= 15 is 0 Å². The summed E-state index contributed by atoms with van der Waals surface area (Å²) in [5.41, 5.74) is 1.48. The predicted octanol–water partition coefficient (Wildman–Crippen LogP) is 4.05. The monoisotopic (exact) mass is 403 g/mol. The number of aliphatic hydroxyl groups is 1. The summed E-state index contributed by atoms with van der Waals surface area (Å²) in [6.45, 7) is 3.89. The van der Waals surface area contributed by atoms with E-state index in [0.717, 1.165) is 49.5 Å². The van der Waals surface area contributed by atoms with Crippen molar-refractivity contribution in [3.8, 4) is 5.75 Å². The minimum atomic E-state index is -1.26. The van der Waals surface area contributed by atoms with E-state index in [1.807, 2.05) is 72.8 Å². The lowest BCUT2D eigenvalue weighted by atomic mass is 9.72. The Labute approximate surface area is 178 Å². The molecule has 1 N–H and O–H groups in total. The summed E-state index contributed by atoms with van der Waals surface area (Å²) in [5, 5.41) is 12.6. The first-order valence-corrected chi connectivity index (χ1v) is 10.5. The van der Waals surface area contributed by atoms with E-state index in [4.69, 9.17) is 9.47 Å². The largest absolute Gasteiger partial charge is 0.496 e. The molecule has 1 aliphatic rings. The molecular formula is C26H29NO3. The zero-order valence-electron chi connectivity index (χ0n) is 17.4. The molecule has 3 aromatic rings. The van der Waals surface area contributed by atoms with Crippen LogP contribution in [0.4, 0.5) is 0 Å². The van der Waals surface area contributed by atoms with Crippen molar-refractivity contribution in [1.82, 2.24) is 4.90 Å². The molecule has 4 heteroatoms. The van der Waals surface area contributed by atoms with Gasteiger partial charge in [0.25, 0.3) is 0 Å². The fourth-order valence-corrected chi connectivity index (χ4v) is 4.40. The summed E-state index contributed by atoms with van der Waals surface area (Å²) in [7, 11) is 1.66. The fraction of sp³-hybridized carbons (Fsp3) is 0.308. The molecular weight excluding hydrogens is 374 g/mol. The number of ether oxygens (including phenoxy) is 2. The third-order valence-electron chi connectivity index (χ3n) is 5.98. The number of benzene rings is 3. The number of rotatable bonds is 7. The third-order valence-corrected chi connectivity index (χ3v) is 5.98. The van der Waals surface area contributed by atoms with Crippen molar-refractivity contribution in [3.63, 3.8) is 0 Å². The Hall–Kier alpha value is -2.66. The van der Waals surface area contributed by atoms with Crippen LogP contribution in [0.3, 0.4) is 0 Å². The lowest BCUT2D eigenvalue weighted by molar-refractivity contribution is -0.000134. The summed E-state index contributed by atoms with van der Waals surface area (Å²) in [6, 6.07) is 28.0. The highest BCUT2D eigenvalue weighted by atomic mass is 16.5. The maximum absolute atomic E-state index is 12.6. The van der Waals surface area contributed by atoms with Crippen LogP contribution in [0.2, 0.25) is 0 Å². The highest BCUT2D eigenvalue weighted by Gasteiger charge is 2.43. The van der Waals surface area contributed by atoms with Crippen molar-refractivity contribution in [2.75, 3.05) is 40.0 Å². The summed E-state index contributed by atoms with van der Waals surface area (Å²) in [6.07, 6.45) is 0. The molecule has 2 unspecified atom stereocenters. The number of nitrogens with zero attached hydrogens (tertiary/aromatic N) is 1. The Bertz CT molecular complexity index is 925. The van der Waals surface area contributed by atoms with Crippen LogP contribution in [0.5, 0.6) is 5.75 Å². The molecule has 1 saturated heterocycles. The first-order chi connectivity index (χ1) is 14.7. The number of hydrogen-bond acceptors (Lipinski definition) is 4. The second-order valence-electron chi connectivity index (χ2n) is 7.71. The Kier molecular flexibility index (Phi) is 6.48. The first-order valence-electron chi connectivity index (χ1n) is 10.5. The summed E-state index contributed by atoms with van der Waals surface area (Å²) < 4.78 is 11.2. The fourth-order valence-electron chi connectivity index (χ4n) is 4.40. The van der Waals surface area contributed by atoms with Crippen LogP contribution in [-0.2, 0) is 10.3 Å². The zero-order valence-corrected chi connectivity index (χ0v) is 17.4. The number of para-hydroxylation sites is 1. The Balaban J connectivity index is 1.89. The van der Waals surface area contributed by atoms with E-state index in [1.165, 1.54) is 0 Å². The molecule has 0 amide bonds. The van der Waals surface area contributed by atoms with Crippen molar-refractivity contribution in [3.05, 3.63) is 102 Å². The van der Waals surface area contributed by atoms with E-state index in [2.05, 4.69) is 17.0 Å². The van der Waals surface area contributed by atoms with Crippen molar-refractivity contribution >= 4 is 0 Å². The molecule has 3 aromatic carbocycles. The van der Waals surface area contributed by atoms with Gasteiger partial charge in [-0.15, -0.1) is 0 Å². The number of morpholine rings is 1. The van der Waals surface area contributed by atoms with Gasteiger partial charge in [-0.1, -0.05) is 78.9 Å². The lowest BCUT2D eigenvalue weighted by Gasteiger charge is -2.41. The van der Waals surface area contributed by atoms with E-state index in [9.17, 15) is 5.11 Å². The molecule has 1 fully saturated rings. The van der Waals surface area contributed by atoms with Gasteiger partial charge in [0, 0.05) is 31.1 Å². The van der Waals surface area contributed by atoms with E-state index < -0.39 is 5.60 Å². The molecule has 30 heavy (non-hydrogen) atoms. The molecule has 1 aliphatic heterocycles. The molecule has 156 valence electrons. The molecule has 0 aromatic heterocycles. The molecule has 4 nitrogen and oxygen atoms in total. The summed E-state index contributed by atoms with van der Waals surface area (Å²) in [4.78, 5) is 2.38. The normalized spacial score (nSPS) is 17.8. The summed E-state index contributed by atoms with van der Waals surface area (Å²) in [5.74, 6) is 0.502. The lowest BCUT2D eigenvalue weighted by Crippen LogP contribution is -2.45. The second-order valence-corrected chi connectivity index (χ2v) is 7.71. The minimum absolute atomic E-state index is 0.185. The molecule has 2 atom stereocenters. The van der Waals surface area contributed by atoms with Gasteiger partial charge in [0.15, 0.2) is 0 Å². The zero-order chi connectivity index (χ0) is 20.8. The molecule has 0 aliphatic carbocycles. The standard InChI is InChI=1S/C26H29NO3/c1-29-25-15-9-8-14-23(25)26(28,22-12-6-3-7-13-22)24(21-10-4-2-5-11-21)20-27-16-18-30-19-17-27/h2-15,24,28H,16-20H2,1H3. The van der Waals surface area contributed by atoms with E-state index in [0.29, 0.717) is 5.75 Å². The smallest absolute Gasteiger partial charge is 0.126 e. The average Bonchev–Trinajstić information content (AvgIpc) is 2.84. The SMILES string of the molecule is COc1ccccc1C(O)(c1ccccc1)C(CN1CCOCC1)c1ccccc1. The van der Waals surface area contributed by atoms with Crippen LogP contribution in [0.15, 0.2) is 84.9 Å². The van der Waals surface area contributed by atoms with Crippen molar-refractivity contribution in [2.24, 2.45) is 0 Å². The average molecular weight is 404 g/mol. The van der Waals surface area contributed by atoms with Crippen molar-refractivity contribution in [2.45, 2.75) is 11.5 Å². The van der Waals surface area contributed by atoms with Gasteiger partial charge < -0.3 is 14.6 Å². The van der Waals surface area contributed by atoms with Gasteiger partial charge in [-0.2, -0.15) is 0 Å². The van der Waals surface area contributed by atoms with Gasteiger partial charge in [-0.25, -0.2) is 0 Å². The van der Waals surface area contributed by atoms with Gasteiger partial charge in [0.05, 0.1) is 20.3 Å². The van der Waals surface area contributed by atoms with Crippen LogP contribution < -0.4 is 4.74 Å². The summed E-state index contributed by atoms with van der Waals surface area (Å²) >= 11 is 0. The maximum Gasteiger partial charge on any atom is 0.126 e. The molecule has 0 spiro atoms. The van der Waals surface area contributed by atoms with Gasteiger partial charge in [-0.3, -0.25) is 4.90 Å². The van der Waals surface area contributed by atoms with Crippen LogP contribution in [0, 0.1) is 0 Å². The predicted molar refractivity (Wildman–Crippen MR) is 119 cm³/mol. The molecule has 0 radical (unpaired) electrons. The Morgan fingerprint density at radius 2 is 1.50 bits per heavy atom. The van der Waals surface area contributed by atoms with Crippen LogP contribution in [0.1, 0.15) is 22.6 Å². The van der Waals surface area contributed by atoms with Crippen LogP contribution in [-0.4, -0.2) is 50.0 Å². The number of hydrogen-bond donors (Lipinski definition) is 1. The number of methoxy groups -OCH3 is 1. The van der Waals surface area contributed by atoms with Gasteiger partial charge in [0.1, 0.15) is 11.4 Å². The molecule has 1 heterocycles. The molecule has 4 rings (SSSR count). The topological polar surface area (TPSA) is 41.9 Å². The van der Waals surface area contributed by atoms with Crippen LogP contribution >= 0.6 is 0 Å². The van der Waals surface area contributed by atoms with E-state index in [1.54, 1.807) is 7.11 Å². The maximum atomic E-state index is 12.6. The van der Waals surface area contributed by atoms with Crippen molar-refractivity contribution < 1.29 is 14.6 Å². The van der Waals surface area contributed by atoms with Gasteiger partial charge in [0.2, 0.25) is 0 Å². The Morgan fingerprint density at radius 1 is 0.900 bits per heavy atom. The first kappa shape index (κ1) is 20.6. The van der Waals surface area contributed by atoms with Gasteiger partial charge >= 0.3 is 0 Å². The quantitative estimate of drug-likeness (QED) is 0.646. The second kappa shape index (κ2) is 9.43.